The average Bonchev–Trinajstić information content (AvgIpc) is 3.06. The highest BCUT2D eigenvalue weighted by Gasteiger charge is 2.19. The lowest BCUT2D eigenvalue weighted by Crippen LogP contribution is -2.18. The number of nitrogens with one attached hydrogen (secondary N) is 2. The number of aromatic nitrogens is 1. The zero-order valence-corrected chi connectivity index (χ0v) is 16.2. The van der Waals surface area contributed by atoms with Gasteiger partial charge in [-0.3, -0.25) is 14.8 Å². The topological polar surface area (TPSA) is 97.4 Å². The molecule has 3 aromatic rings. The Bertz CT molecular complexity index is 1060. The molecule has 0 saturated carbocycles. The van der Waals surface area contributed by atoms with Crippen LogP contribution < -0.4 is 14.8 Å². The standard InChI is InChI=1S/C18H17N3O4S2/c1-12-11-19-18(26-12)20-17(22)15-5-3-4-6-16(15)21-27(23,24)14-9-7-13(25-2)8-10-14/h3-11,21H,1-2H3,(H,19,20,22). The van der Waals surface area contributed by atoms with Crippen molar-refractivity contribution >= 4 is 38.1 Å². The highest BCUT2D eigenvalue weighted by Crippen LogP contribution is 2.24. The van der Waals surface area contributed by atoms with E-state index in [2.05, 4.69) is 15.0 Å². The van der Waals surface area contributed by atoms with Crippen LogP contribution in [0.5, 0.6) is 5.75 Å². The number of thiazole rings is 1. The largest absolute Gasteiger partial charge is 0.497 e. The Morgan fingerprint density at radius 1 is 1.11 bits per heavy atom. The summed E-state index contributed by atoms with van der Waals surface area (Å²) >= 11 is 1.34. The molecular weight excluding hydrogens is 386 g/mol. The predicted molar refractivity (Wildman–Crippen MR) is 105 cm³/mol. The predicted octanol–water partition coefficient (Wildman–Crippen LogP) is 3.51. The van der Waals surface area contributed by atoms with Crippen LogP contribution in [-0.4, -0.2) is 26.4 Å². The maximum absolute atomic E-state index is 12.6. The first-order valence-corrected chi connectivity index (χ1v) is 10.2. The Balaban J connectivity index is 1.85. The summed E-state index contributed by atoms with van der Waals surface area (Å²) in [6.45, 7) is 1.88. The van der Waals surface area contributed by atoms with Gasteiger partial charge in [-0.2, -0.15) is 0 Å². The van der Waals surface area contributed by atoms with E-state index in [4.69, 9.17) is 4.74 Å². The molecule has 0 saturated heterocycles. The maximum Gasteiger partial charge on any atom is 0.261 e. The maximum atomic E-state index is 12.6. The van der Waals surface area contributed by atoms with Crippen LogP contribution in [0.2, 0.25) is 0 Å². The van der Waals surface area contributed by atoms with Gasteiger partial charge < -0.3 is 4.74 Å². The normalized spacial score (nSPS) is 11.0. The lowest BCUT2D eigenvalue weighted by molar-refractivity contribution is 0.102. The average molecular weight is 403 g/mol. The van der Waals surface area contributed by atoms with E-state index >= 15 is 0 Å². The van der Waals surface area contributed by atoms with E-state index in [1.165, 1.54) is 36.6 Å². The molecule has 1 heterocycles. The van der Waals surface area contributed by atoms with Crippen LogP contribution in [0.4, 0.5) is 10.8 Å². The molecule has 0 unspecified atom stereocenters. The molecule has 27 heavy (non-hydrogen) atoms. The number of aryl methyl sites for hydroxylation is 1. The fourth-order valence-electron chi connectivity index (χ4n) is 2.31. The molecular formula is C18H17N3O4S2. The number of rotatable bonds is 6. The monoisotopic (exact) mass is 403 g/mol. The lowest BCUT2D eigenvalue weighted by Gasteiger charge is -2.12. The molecule has 0 radical (unpaired) electrons. The molecule has 1 aromatic heterocycles. The quantitative estimate of drug-likeness (QED) is 0.656. The third-order valence-corrected chi connectivity index (χ3v) is 5.84. The second kappa shape index (κ2) is 7.77. The second-order valence-electron chi connectivity index (χ2n) is 5.56. The molecule has 0 aliphatic rings. The van der Waals surface area contributed by atoms with Crippen molar-refractivity contribution in [2.45, 2.75) is 11.8 Å². The van der Waals surface area contributed by atoms with E-state index in [1.807, 2.05) is 6.92 Å². The Labute approximate surface area is 161 Å². The molecule has 3 rings (SSSR count). The van der Waals surface area contributed by atoms with Crippen molar-refractivity contribution in [2.24, 2.45) is 0 Å². The lowest BCUT2D eigenvalue weighted by atomic mass is 10.2. The van der Waals surface area contributed by atoms with Gasteiger partial charge in [-0.1, -0.05) is 12.1 Å². The number of carbonyl (C=O) groups excluding carboxylic acids is 1. The van der Waals surface area contributed by atoms with Crippen molar-refractivity contribution in [2.75, 3.05) is 17.1 Å². The first-order chi connectivity index (χ1) is 12.9. The van der Waals surface area contributed by atoms with Crippen LogP contribution in [0.1, 0.15) is 15.2 Å². The smallest absolute Gasteiger partial charge is 0.261 e. The Morgan fingerprint density at radius 2 is 1.81 bits per heavy atom. The van der Waals surface area contributed by atoms with Gasteiger partial charge in [-0.15, -0.1) is 11.3 Å². The zero-order valence-electron chi connectivity index (χ0n) is 14.6. The fraction of sp³-hybridized carbons (Fsp3) is 0.111. The first-order valence-electron chi connectivity index (χ1n) is 7.89. The summed E-state index contributed by atoms with van der Waals surface area (Å²) in [5, 5.41) is 3.13. The zero-order chi connectivity index (χ0) is 19.4. The molecule has 0 aliphatic carbocycles. The van der Waals surface area contributed by atoms with Crippen LogP contribution in [0.3, 0.4) is 0 Å². The first kappa shape index (κ1) is 18.9. The number of benzene rings is 2. The number of hydrogen-bond acceptors (Lipinski definition) is 6. The van der Waals surface area contributed by atoms with Gasteiger partial charge in [0, 0.05) is 11.1 Å². The van der Waals surface area contributed by atoms with Crippen LogP contribution in [0, 0.1) is 6.92 Å². The Kier molecular flexibility index (Phi) is 5.43. The molecule has 2 N–H and O–H groups in total. The summed E-state index contributed by atoms with van der Waals surface area (Å²) in [5.74, 6) is 0.102. The number of sulfonamides is 1. The molecule has 2 aromatic carbocycles. The van der Waals surface area contributed by atoms with Crippen molar-refractivity contribution < 1.29 is 17.9 Å². The van der Waals surface area contributed by atoms with Crippen LogP contribution >= 0.6 is 11.3 Å². The summed E-state index contributed by atoms with van der Waals surface area (Å²) in [6, 6.07) is 12.4. The summed E-state index contributed by atoms with van der Waals surface area (Å²) in [6.07, 6.45) is 1.65. The molecule has 7 nitrogen and oxygen atoms in total. The van der Waals surface area contributed by atoms with E-state index in [0.717, 1.165) is 4.88 Å². The minimum absolute atomic E-state index is 0.0639. The highest BCUT2D eigenvalue weighted by atomic mass is 32.2. The summed E-state index contributed by atoms with van der Waals surface area (Å²) in [5.41, 5.74) is 0.376. The molecule has 0 atom stereocenters. The van der Waals surface area contributed by atoms with Crippen molar-refractivity contribution in [3.05, 3.63) is 65.2 Å². The SMILES string of the molecule is COc1ccc(S(=O)(=O)Nc2ccccc2C(=O)Nc2ncc(C)s2)cc1. The Hall–Kier alpha value is -2.91. The van der Waals surface area contributed by atoms with Crippen molar-refractivity contribution in [1.82, 2.24) is 4.98 Å². The van der Waals surface area contributed by atoms with E-state index in [9.17, 15) is 13.2 Å². The molecule has 0 spiro atoms. The second-order valence-corrected chi connectivity index (χ2v) is 8.47. The van der Waals surface area contributed by atoms with Gasteiger partial charge in [0.15, 0.2) is 5.13 Å². The number of anilines is 2. The summed E-state index contributed by atoms with van der Waals surface area (Å²) in [4.78, 5) is 17.7. The van der Waals surface area contributed by atoms with E-state index in [0.29, 0.717) is 10.9 Å². The van der Waals surface area contributed by atoms with Gasteiger partial charge in [-0.05, 0) is 43.3 Å². The van der Waals surface area contributed by atoms with Crippen LogP contribution in [0.25, 0.3) is 0 Å². The fourth-order valence-corrected chi connectivity index (χ4v) is 4.04. The number of para-hydroxylation sites is 1. The van der Waals surface area contributed by atoms with Crippen LogP contribution in [-0.2, 0) is 10.0 Å². The Morgan fingerprint density at radius 3 is 2.44 bits per heavy atom. The van der Waals surface area contributed by atoms with E-state index < -0.39 is 15.9 Å². The van der Waals surface area contributed by atoms with E-state index in [1.54, 1.807) is 36.5 Å². The molecule has 0 bridgehead atoms. The number of nitrogens with zero attached hydrogens (tertiary/aromatic N) is 1. The molecule has 140 valence electrons. The van der Waals surface area contributed by atoms with Gasteiger partial charge in [-0.25, -0.2) is 13.4 Å². The summed E-state index contributed by atoms with van der Waals surface area (Å²) < 4.78 is 32.8. The minimum atomic E-state index is -3.86. The third kappa shape index (κ3) is 4.44. The van der Waals surface area contributed by atoms with Gasteiger partial charge in [0.1, 0.15) is 5.75 Å². The van der Waals surface area contributed by atoms with Gasteiger partial charge >= 0.3 is 0 Å². The number of hydrogen-bond donors (Lipinski definition) is 2. The minimum Gasteiger partial charge on any atom is -0.497 e. The van der Waals surface area contributed by atoms with Crippen molar-refractivity contribution in [3.63, 3.8) is 0 Å². The van der Waals surface area contributed by atoms with Crippen molar-refractivity contribution in [3.8, 4) is 5.75 Å². The number of ether oxygens (including phenoxy) is 1. The highest BCUT2D eigenvalue weighted by molar-refractivity contribution is 7.92. The molecule has 9 heteroatoms. The molecule has 0 fully saturated rings. The van der Waals surface area contributed by atoms with Gasteiger partial charge in [0.2, 0.25) is 0 Å². The van der Waals surface area contributed by atoms with E-state index in [-0.39, 0.29) is 16.1 Å². The number of amides is 1. The number of methoxy groups -OCH3 is 1. The third-order valence-electron chi connectivity index (χ3n) is 3.63. The van der Waals surface area contributed by atoms with Crippen molar-refractivity contribution in [1.29, 1.82) is 0 Å². The molecule has 1 amide bonds. The van der Waals surface area contributed by atoms with Gasteiger partial charge in [0.05, 0.1) is 23.3 Å². The molecule has 0 aliphatic heterocycles. The van der Waals surface area contributed by atoms with Gasteiger partial charge in [0.25, 0.3) is 15.9 Å². The number of carbonyl (C=O) groups is 1. The van der Waals surface area contributed by atoms with Crippen LogP contribution in [0.15, 0.2) is 59.6 Å². The summed E-state index contributed by atoms with van der Waals surface area (Å²) in [7, 11) is -2.36.